The zero-order valence-corrected chi connectivity index (χ0v) is 16.4. The Morgan fingerprint density at radius 1 is 1.00 bits per heavy atom. The van der Waals surface area contributed by atoms with Crippen LogP contribution in [-0.2, 0) is 19.9 Å². The van der Waals surface area contributed by atoms with Gasteiger partial charge in [-0.2, -0.15) is 0 Å². The number of esters is 1. The van der Waals surface area contributed by atoms with Gasteiger partial charge < -0.3 is 14.4 Å². The van der Waals surface area contributed by atoms with E-state index in [1.165, 1.54) is 7.11 Å². The highest BCUT2D eigenvalue weighted by Gasteiger charge is 2.47. The summed E-state index contributed by atoms with van der Waals surface area (Å²) in [5.41, 5.74) is -0.833. The second kappa shape index (κ2) is 8.88. The van der Waals surface area contributed by atoms with Crippen molar-refractivity contribution in [3.05, 3.63) is 35.9 Å². The average molecular weight is 349 g/mol. The highest BCUT2D eigenvalue weighted by molar-refractivity contribution is 5.84. The Kier molecular flexibility index (Phi) is 7.46. The van der Waals surface area contributed by atoms with Crippen LogP contribution in [0, 0.1) is 5.92 Å². The Morgan fingerprint density at radius 2 is 1.52 bits per heavy atom. The number of benzene rings is 1. The lowest BCUT2D eigenvalue weighted by atomic mass is 9.85. The topological polar surface area (TPSA) is 55.8 Å². The van der Waals surface area contributed by atoms with Crippen LogP contribution in [0.5, 0.6) is 0 Å². The molecule has 0 aliphatic rings. The van der Waals surface area contributed by atoms with E-state index in [1.54, 1.807) is 17.0 Å². The van der Waals surface area contributed by atoms with Gasteiger partial charge in [0.1, 0.15) is 0 Å². The third-order valence-electron chi connectivity index (χ3n) is 4.04. The summed E-state index contributed by atoms with van der Waals surface area (Å²) in [6.07, 6.45) is -0.167. The Bertz CT molecular complexity index is 560. The molecular formula is C20H31NO4. The molecule has 1 rings (SSSR count). The second-order valence-corrected chi connectivity index (χ2v) is 7.25. The van der Waals surface area contributed by atoms with E-state index in [0.29, 0.717) is 12.0 Å². The van der Waals surface area contributed by atoms with Crippen molar-refractivity contribution in [2.24, 2.45) is 5.92 Å². The number of hydrogen-bond acceptors (Lipinski definition) is 4. The van der Waals surface area contributed by atoms with Crippen LogP contribution in [0.2, 0.25) is 0 Å². The van der Waals surface area contributed by atoms with Gasteiger partial charge in [0.05, 0.1) is 7.11 Å². The molecule has 0 aliphatic heterocycles. The molecule has 25 heavy (non-hydrogen) atoms. The first-order chi connectivity index (χ1) is 11.7. The predicted octanol–water partition coefficient (Wildman–Crippen LogP) is 4.36. The summed E-state index contributed by atoms with van der Waals surface area (Å²) >= 11 is 0. The average Bonchev–Trinajstić information content (AvgIpc) is 2.52. The highest BCUT2D eigenvalue weighted by atomic mass is 16.6. The largest absolute Gasteiger partial charge is 0.466 e. The maximum Gasteiger partial charge on any atom is 0.411 e. The molecule has 140 valence electrons. The van der Waals surface area contributed by atoms with E-state index in [2.05, 4.69) is 0 Å². The first-order valence-corrected chi connectivity index (χ1v) is 8.81. The van der Waals surface area contributed by atoms with Crippen LogP contribution in [-0.4, -0.2) is 36.2 Å². The van der Waals surface area contributed by atoms with Crippen LogP contribution in [0.3, 0.4) is 0 Å². The number of ether oxygens (including phenoxy) is 2. The maximum absolute atomic E-state index is 12.9. The quantitative estimate of drug-likeness (QED) is 0.687. The number of rotatable bonds is 7. The monoisotopic (exact) mass is 349 g/mol. The molecule has 0 spiro atoms. The molecule has 0 saturated carbocycles. The molecule has 0 N–H and O–H groups in total. The van der Waals surface area contributed by atoms with E-state index >= 15 is 0 Å². The van der Waals surface area contributed by atoms with Crippen LogP contribution in [0.15, 0.2) is 30.3 Å². The van der Waals surface area contributed by atoms with Gasteiger partial charge in [0.15, 0.2) is 0 Å². The molecule has 5 heteroatoms. The van der Waals surface area contributed by atoms with Gasteiger partial charge in [-0.3, -0.25) is 0 Å². The number of nitrogens with zero attached hydrogens (tertiary/aromatic N) is 1. The van der Waals surface area contributed by atoms with E-state index in [1.807, 2.05) is 59.7 Å². The van der Waals surface area contributed by atoms with Gasteiger partial charge in [0, 0.05) is 24.1 Å². The van der Waals surface area contributed by atoms with E-state index in [0.717, 1.165) is 0 Å². The lowest BCUT2D eigenvalue weighted by Gasteiger charge is -2.37. The smallest absolute Gasteiger partial charge is 0.411 e. The fourth-order valence-electron chi connectivity index (χ4n) is 3.13. The minimum absolute atomic E-state index is 0.0438. The normalized spacial score (nSPS) is 13.7. The van der Waals surface area contributed by atoms with Crippen molar-refractivity contribution in [3.63, 3.8) is 0 Å². The third-order valence-corrected chi connectivity index (χ3v) is 4.04. The maximum atomic E-state index is 12.9. The van der Waals surface area contributed by atoms with Crippen LogP contribution in [0.1, 0.15) is 53.5 Å². The molecule has 0 bridgehead atoms. The van der Waals surface area contributed by atoms with E-state index in [4.69, 9.17) is 9.47 Å². The highest BCUT2D eigenvalue weighted by Crippen LogP contribution is 2.35. The minimum atomic E-state index is -1.46. The van der Waals surface area contributed by atoms with Crippen molar-refractivity contribution >= 4 is 12.1 Å². The van der Waals surface area contributed by atoms with Gasteiger partial charge in [-0.1, -0.05) is 44.2 Å². The fourth-order valence-corrected chi connectivity index (χ4v) is 3.13. The lowest BCUT2D eigenvalue weighted by Crippen LogP contribution is -2.49. The first kappa shape index (κ1) is 21.0. The molecular weight excluding hydrogens is 318 g/mol. The Balaban J connectivity index is 3.39. The number of amides is 1. The number of hydrogen-bond donors (Lipinski definition) is 0. The second-order valence-electron chi connectivity index (χ2n) is 7.25. The van der Waals surface area contributed by atoms with Gasteiger partial charge in [0.2, 0.25) is 5.60 Å². The van der Waals surface area contributed by atoms with Crippen LogP contribution >= 0.6 is 0 Å². The van der Waals surface area contributed by atoms with Gasteiger partial charge in [0.25, 0.3) is 0 Å². The molecule has 0 aliphatic carbocycles. The van der Waals surface area contributed by atoms with Crippen LogP contribution < -0.4 is 0 Å². The molecule has 5 nitrogen and oxygen atoms in total. The third kappa shape index (κ3) is 4.97. The Hall–Kier alpha value is -2.04. The summed E-state index contributed by atoms with van der Waals surface area (Å²) in [5.74, 6) is -0.438. The van der Waals surface area contributed by atoms with Crippen LogP contribution in [0.25, 0.3) is 0 Å². The number of carbonyl (C=O) groups is 2. The van der Waals surface area contributed by atoms with Crippen molar-refractivity contribution in [2.75, 3.05) is 7.11 Å². The Labute approximate surface area is 151 Å². The molecule has 1 aromatic rings. The van der Waals surface area contributed by atoms with Gasteiger partial charge >= 0.3 is 12.1 Å². The van der Waals surface area contributed by atoms with Crippen molar-refractivity contribution in [1.82, 2.24) is 4.90 Å². The number of carbonyl (C=O) groups excluding carboxylic acids is 2. The summed E-state index contributed by atoms with van der Waals surface area (Å²) < 4.78 is 10.9. The summed E-state index contributed by atoms with van der Waals surface area (Å²) in [7, 11) is 1.32. The minimum Gasteiger partial charge on any atom is -0.466 e. The molecule has 0 fully saturated rings. The fraction of sp³-hybridized carbons (Fsp3) is 0.600. The van der Waals surface area contributed by atoms with Gasteiger partial charge in [-0.05, 0) is 33.6 Å². The number of methoxy groups -OCH3 is 1. The zero-order valence-electron chi connectivity index (χ0n) is 16.4. The lowest BCUT2D eigenvalue weighted by molar-refractivity contribution is -0.167. The predicted molar refractivity (Wildman–Crippen MR) is 98.2 cm³/mol. The summed E-state index contributed by atoms with van der Waals surface area (Å²) in [6.45, 7) is 11.7. The summed E-state index contributed by atoms with van der Waals surface area (Å²) in [5, 5.41) is 0. The van der Waals surface area contributed by atoms with Crippen LogP contribution in [0.4, 0.5) is 4.79 Å². The summed E-state index contributed by atoms with van der Waals surface area (Å²) in [4.78, 5) is 27.3. The molecule has 0 heterocycles. The van der Waals surface area contributed by atoms with Gasteiger partial charge in [-0.25, -0.2) is 9.59 Å². The van der Waals surface area contributed by atoms with Gasteiger partial charge in [-0.15, -0.1) is 0 Å². The SMILES string of the molecule is COC(=O)[C@@](CC(C)C)(OC(=O)N(C(C)C)C(C)C)c1ccccc1. The Morgan fingerprint density at radius 3 is 1.92 bits per heavy atom. The molecule has 0 saturated heterocycles. The zero-order chi connectivity index (χ0) is 19.2. The molecule has 1 atom stereocenters. The van der Waals surface area contributed by atoms with Crippen molar-refractivity contribution in [1.29, 1.82) is 0 Å². The van der Waals surface area contributed by atoms with E-state index in [-0.39, 0.29) is 18.0 Å². The molecule has 0 unspecified atom stereocenters. The van der Waals surface area contributed by atoms with Crippen molar-refractivity contribution in [3.8, 4) is 0 Å². The molecule has 0 aromatic heterocycles. The standard InChI is InChI=1S/C20H31NO4/c1-14(2)13-20(18(22)24-7,17-11-9-8-10-12-17)25-19(23)21(15(3)4)16(5)6/h8-12,14-16H,13H2,1-7H3/t20-/m0/s1. The summed E-state index contributed by atoms with van der Waals surface area (Å²) in [6, 6.07) is 9.00. The molecule has 0 radical (unpaired) electrons. The molecule has 1 aromatic carbocycles. The van der Waals surface area contributed by atoms with E-state index < -0.39 is 17.7 Å². The van der Waals surface area contributed by atoms with Crippen molar-refractivity contribution in [2.45, 2.75) is 65.6 Å². The van der Waals surface area contributed by atoms with Crippen molar-refractivity contribution < 1.29 is 19.1 Å². The first-order valence-electron chi connectivity index (χ1n) is 8.81. The molecule has 1 amide bonds. The van der Waals surface area contributed by atoms with E-state index in [9.17, 15) is 9.59 Å².